The molecule has 0 saturated heterocycles. The van der Waals surface area contributed by atoms with E-state index in [0.717, 1.165) is 13.1 Å². The van der Waals surface area contributed by atoms with Crippen LogP contribution in [0.5, 0.6) is 0 Å². The average molecular weight is 328 g/mol. The molecular weight excluding hydrogens is 314 g/mol. The van der Waals surface area contributed by atoms with Crippen molar-refractivity contribution < 1.29 is 0 Å². The Balaban J connectivity index is 1.54. The van der Waals surface area contributed by atoms with Crippen molar-refractivity contribution in [3.05, 3.63) is 42.2 Å². The number of halogens is 1. The van der Waals surface area contributed by atoms with E-state index < -0.39 is 0 Å². The molecule has 90 valence electrons. The summed E-state index contributed by atoms with van der Waals surface area (Å²) in [5, 5.41) is 3.52. The minimum atomic E-state index is 0.971. The van der Waals surface area contributed by atoms with Crippen LogP contribution in [0.4, 0.5) is 0 Å². The van der Waals surface area contributed by atoms with Gasteiger partial charge in [-0.15, -0.1) is 22.7 Å². The Hall–Kier alpha value is -0.160. The molecule has 1 aliphatic rings. The zero-order valence-corrected chi connectivity index (χ0v) is 12.7. The highest BCUT2D eigenvalue weighted by atomic mass is 79.9. The van der Waals surface area contributed by atoms with Gasteiger partial charge in [0, 0.05) is 27.7 Å². The predicted molar refractivity (Wildman–Crippen MR) is 78.9 cm³/mol. The average Bonchev–Trinajstić information content (AvgIpc) is 2.94. The van der Waals surface area contributed by atoms with Crippen molar-refractivity contribution in [3.8, 4) is 0 Å². The maximum absolute atomic E-state index is 3.52. The second-order valence-corrected chi connectivity index (χ2v) is 8.09. The third kappa shape index (κ3) is 2.81. The van der Waals surface area contributed by atoms with Gasteiger partial charge in [0.05, 0.1) is 3.79 Å². The molecule has 2 aromatic heterocycles. The summed E-state index contributed by atoms with van der Waals surface area (Å²) < 4.78 is 1.21. The smallest absolute Gasteiger partial charge is 0.0701 e. The zero-order valence-electron chi connectivity index (χ0n) is 9.46. The highest BCUT2D eigenvalue weighted by Gasteiger charge is 2.14. The van der Waals surface area contributed by atoms with E-state index >= 15 is 0 Å². The Morgan fingerprint density at radius 2 is 2.00 bits per heavy atom. The second kappa shape index (κ2) is 5.22. The molecule has 1 aliphatic carbocycles. The third-order valence-corrected chi connectivity index (χ3v) is 5.89. The molecule has 0 bridgehead atoms. The van der Waals surface area contributed by atoms with Crippen molar-refractivity contribution in [2.75, 3.05) is 0 Å². The van der Waals surface area contributed by atoms with Crippen molar-refractivity contribution in [1.29, 1.82) is 0 Å². The first-order valence-corrected chi connectivity index (χ1v) is 8.29. The van der Waals surface area contributed by atoms with E-state index in [4.69, 9.17) is 0 Å². The van der Waals surface area contributed by atoms with Gasteiger partial charge in [-0.2, -0.15) is 0 Å². The molecule has 0 spiro atoms. The van der Waals surface area contributed by atoms with Crippen molar-refractivity contribution in [3.63, 3.8) is 0 Å². The molecule has 0 amide bonds. The fraction of sp³-hybridized carbons (Fsp3) is 0.385. The maximum Gasteiger partial charge on any atom is 0.0701 e. The van der Waals surface area contributed by atoms with Gasteiger partial charge in [0.15, 0.2) is 0 Å². The SMILES string of the molecule is Brc1ccc(CNCc2cc3c(s2)CCC3)s1. The monoisotopic (exact) mass is 327 g/mol. The van der Waals surface area contributed by atoms with Crippen molar-refractivity contribution in [2.45, 2.75) is 32.4 Å². The van der Waals surface area contributed by atoms with E-state index in [0.29, 0.717) is 0 Å². The zero-order chi connectivity index (χ0) is 11.7. The number of rotatable bonds is 4. The molecule has 17 heavy (non-hydrogen) atoms. The molecule has 0 fully saturated rings. The van der Waals surface area contributed by atoms with E-state index in [1.807, 2.05) is 11.3 Å². The lowest BCUT2D eigenvalue weighted by Crippen LogP contribution is -2.10. The van der Waals surface area contributed by atoms with Crippen LogP contribution in [0.3, 0.4) is 0 Å². The fourth-order valence-electron chi connectivity index (χ4n) is 2.23. The molecule has 0 aromatic carbocycles. The fourth-order valence-corrected chi connectivity index (χ4v) is 4.92. The van der Waals surface area contributed by atoms with Crippen LogP contribution in [0.25, 0.3) is 0 Å². The lowest BCUT2D eigenvalue weighted by Gasteiger charge is -2.00. The van der Waals surface area contributed by atoms with Crippen LogP contribution in [0.1, 0.15) is 26.6 Å². The largest absolute Gasteiger partial charge is 0.307 e. The van der Waals surface area contributed by atoms with Gasteiger partial charge in [0.2, 0.25) is 0 Å². The van der Waals surface area contributed by atoms with Gasteiger partial charge in [-0.3, -0.25) is 0 Å². The Bertz CT molecular complexity index is 494. The molecule has 4 heteroatoms. The van der Waals surface area contributed by atoms with Gasteiger partial charge in [-0.25, -0.2) is 0 Å². The Morgan fingerprint density at radius 1 is 1.12 bits per heavy atom. The molecule has 2 heterocycles. The van der Waals surface area contributed by atoms with Gasteiger partial charge in [0.25, 0.3) is 0 Å². The maximum atomic E-state index is 3.52. The minimum absolute atomic E-state index is 0.971. The Morgan fingerprint density at radius 3 is 2.76 bits per heavy atom. The number of nitrogens with one attached hydrogen (secondary N) is 1. The highest BCUT2D eigenvalue weighted by molar-refractivity contribution is 9.11. The van der Waals surface area contributed by atoms with E-state index in [2.05, 4.69) is 39.4 Å². The summed E-state index contributed by atoms with van der Waals surface area (Å²) in [5.41, 5.74) is 1.60. The molecule has 0 radical (unpaired) electrons. The van der Waals surface area contributed by atoms with Crippen LogP contribution in [0.2, 0.25) is 0 Å². The molecule has 0 aliphatic heterocycles. The normalized spacial score (nSPS) is 14.2. The topological polar surface area (TPSA) is 12.0 Å². The van der Waals surface area contributed by atoms with Gasteiger partial charge in [-0.05, 0) is 59.0 Å². The van der Waals surface area contributed by atoms with E-state index in [-0.39, 0.29) is 0 Å². The number of aryl methyl sites for hydroxylation is 2. The third-order valence-electron chi connectivity index (χ3n) is 3.02. The number of fused-ring (bicyclic) bond motifs is 1. The molecule has 3 rings (SSSR count). The summed E-state index contributed by atoms with van der Waals surface area (Å²) in [6, 6.07) is 6.68. The van der Waals surface area contributed by atoms with E-state index in [1.165, 1.54) is 32.8 Å². The highest BCUT2D eigenvalue weighted by Crippen LogP contribution is 2.30. The predicted octanol–water partition coefficient (Wildman–Crippen LogP) is 4.35. The molecule has 0 atom stereocenters. The summed E-state index contributed by atoms with van der Waals surface area (Å²) in [4.78, 5) is 4.51. The Labute approximate surface area is 118 Å². The minimum Gasteiger partial charge on any atom is -0.307 e. The molecule has 0 unspecified atom stereocenters. The van der Waals surface area contributed by atoms with Crippen LogP contribution in [-0.2, 0) is 25.9 Å². The van der Waals surface area contributed by atoms with Crippen LogP contribution in [0, 0.1) is 0 Å². The summed E-state index contributed by atoms with van der Waals surface area (Å²) in [6.07, 6.45) is 3.96. The second-order valence-electron chi connectivity index (χ2n) is 4.32. The van der Waals surface area contributed by atoms with Crippen molar-refractivity contribution in [2.24, 2.45) is 0 Å². The van der Waals surface area contributed by atoms with Gasteiger partial charge >= 0.3 is 0 Å². The van der Waals surface area contributed by atoms with Crippen molar-refractivity contribution >= 4 is 38.6 Å². The molecule has 2 aromatic rings. The van der Waals surface area contributed by atoms with Crippen LogP contribution >= 0.6 is 38.6 Å². The van der Waals surface area contributed by atoms with Crippen molar-refractivity contribution in [1.82, 2.24) is 5.32 Å². The molecular formula is C13H14BrNS2. The molecule has 0 saturated carbocycles. The first kappa shape index (κ1) is 11.9. The first-order valence-electron chi connectivity index (χ1n) is 5.86. The summed E-state index contributed by atoms with van der Waals surface area (Å²) >= 11 is 7.29. The van der Waals surface area contributed by atoms with Gasteiger partial charge < -0.3 is 5.32 Å². The quantitative estimate of drug-likeness (QED) is 0.880. The molecule has 1 N–H and O–H groups in total. The summed E-state index contributed by atoms with van der Waals surface area (Å²) in [5.74, 6) is 0. The summed E-state index contributed by atoms with van der Waals surface area (Å²) in [6.45, 7) is 1.98. The van der Waals surface area contributed by atoms with E-state index in [9.17, 15) is 0 Å². The lowest BCUT2D eigenvalue weighted by molar-refractivity contribution is 0.708. The summed E-state index contributed by atoms with van der Waals surface area (Å²) in [7, 11) is 0. The number of hydrogen-bond donors (Lipinski definition) is 1. The van der Waals surface area contributed by atoms with E-state index in [1.54, 1.807) is 21.8 Å². The Kier molecular flexibility index (Phi) is 3.66. The lowest BCUT2D eigenvalue weighted by atomic mass is 10.2. The van der Waals surface area contributed by atoms with Crippen LogP contribution < -0.4 is 5.32 Å². The van der Waals surface area contributed by atoms with Crippen LogP contribution in [-0.4, -0.2) is 0 Å². The molecule has 1 nitrogen and oxygen atoms in total. The van der Waals surface area contributed by atoms with Crippen LogP contribution in [0.15, 0.2) is 22.0 Å². The van der Waals surface area contributed by atoms with Gasteiger partial charge in [0.1, 0.15) is 0 Å². The number of hydrogen-bond acceptors (Lipinski definition) is 3. The van der Waals surface area contributed by atoms with Gasteiger partial charge in [-0.1, -0.05) is 0 Å². The number of thiophene rings is 2. The standard InChI is InChI=1S/C13H14BrNS2/c14-13-5-4-10(17-13)7-15-8-11-6-9-2-1-3-12(9)16-11/h4-6,15H,1-3,7-8H2. The first-order chi connectivity index (χ1) is 8.31.